The lowest BCUT2D eigenvalue weighted by molar-refractivity contribution is -0.394. The quantitative estimate of drug-likeness (QED) is 0.325. The van der Waals surface area contributed by atoms with E-state index in [4.69, 9.17) is 18.9 Å². The summed E-state index contributed by atoms with van der Waals surface area (Å²) in [4.78, 5) is 20.6. The molecular formula is C25H22F3N3O8. The fraction of sp³-hybridized carbons (Fsp3) is 0.280. The van der Waals surface area contributed by atoms with Crippen LogP contribution in [0.3, 0.4) is 0 Å². The van der Waals surface area contributed by atoms with Crippen molar-refractivity contribution in [3.63, 3.8) is 0 Å². The predicted molar refractivity (Wildman–Crippen MR) is 132 cm³/mol. The number of hydrogen-bond donors (Lipinski definition) is 1. The number of hydrogen-bond acceptors (Lipinski definition) is 9. The molecule has 0 radical (unpaired) electrons. The van der Waals surface area contributed by atoms with Crippen molar-refractivity contribution < 1.29 is 42.0 Å². The van der Waals surface area contributed by atoms with Crippen molar-refractivity contribution in [1.29, 1.82) is 0 Å². The minimum atomic E-state index is -5.15. The van der Waals surface area contributed by atoms with Gasteiger partial charge < -0.3 is 24.3 Å². The number of para-hydroxylation sites is 4. The van der Waals surface area contributed by atoms with Gasteiger partial charge in [0, 0.05) is 12.5 Å². The van der Waals surface area contributed by atoms with Gasteiger partial charge in [-0.15, -0.1) is 0 Å². The third kappa shape index (κ3) is 6.77. The Bertz CT molecular complexity index is 1300. The van der Waals surface area contributed by atoms with E-state index in [1.54, 1.807) is 48.5 Å². The Kier molecular flexibility index (Phi) is 8.22. The highest BCUT2D eigenvalue weighted by Gasteiger charge is 2.40. The van der Waals surface area contributed by atoms with Gasteiger partial charge in [-0.1, -0.05) is 24.3 Å². The molecule has 0 aromatic heterocycles. The molecule has 0 amide bonds. The Morgan fingerprint density at radius 1 is 0.769 bits per heavy atom. The molecule has 0 bridgehead atoms. The lowest BCUT2D eigenvalue weighted by atomic mass is 10.1. The van der Waals surface area contributed by atoms with Crippen LogP contribution in [0, 0.1) is 20.2 Å². The van der Waals surface area contributed by atoms with Crippen LogP contribution in [-0.4, -0.2) is 42.3 Å². The van der Waals surface area contributed by atoms with E-state index in [-0.39, 0.29) is 44.0 Å². The van der Waals surface area contributed by atoms with Gasteiger partial charge in [0.15, 0.2) is 23.0 Å². The standard InChI is InChI=1S/C25H22F3N3O8/c26-25(27,28)18-12-17(30(32)33)13-19(31(34)35)24(18)29-16-14-38-22-8-3-1-6-20(22)36-10-5-11-37-21-7-2-4-9-23(21)39-15-16/h1-4,6-9,12-13,16,29H,5,10-11,14-15H2. The van der Waals surface area contributed by atoms with E-state index in [2.05, 4.69) is 5.32 Å². The van der Waals surface area contributed by atoms with Crippen molar-refractivity contribution in [2.45, 2.75) is 18.6 Å². The van der Waals surface area contributed by atoms with Gasteiger partial charge in [0.1, 0.15) is 18.9 Å². The lowest BCUT2D eigenvalue weighted by Gasteiger charge is -2.24. The van der Waals surface area contributed by atoms with Crippen LogP contribution in [0.15, 0.2) is 60.7 Å². The maximum atomic E-state index is 13.9. The number of rotatable bonds is 4. The zero-order valence-corrected chi connectivity index (χ0v) is 20.2. The van der Waals surface area contributed by atoms with E-state index in [1.165, 1.54) is 0 Å². The highest BCUT2D eigenvalue weighted by Crippen LogP contribution is 2.43. The topological polar surface area (TPSA) is 135 Å². The Morgan fingerprint density at radius 3 is 1.69 bits per heavy atom. The monoisotopic (exact) mass is 549 g/mol. The summed E-state index contributed by atoms with van der Waals surface area (Å²) < 4.78 is 65.0. The van der Waals surface area contributed by atoms with Crippen LogP contribution in [-0.2, 0) is 6.18 Å². The Hall–Kier alpha value is -4.75. The van der Waals surface area contributed by atoms with Crippen LogP contribution in [0.25, 0.3) is 0 Å². The first-order valence-electron chi connectivity index (χ1n) is 11.6. The molecule has 1 aliphatic heterocycles. The number of benzene rings is 3. The molecule has 39 heavy (non-hydrogen) atoms. The van der Waals surface area contributed by atoms with E-state index in [1.807, 2.05) is 0 Å². The summed E-state index contributed by atoms with van der Waals surface area (Å²) in [6.07, 6.45) is -4.61. The molecule has 0 aliphatic carbocycles. The smallest absolute Gasteiger partial charge is 0.418 e. The average molecular weight is 549 g/mol. The van der Waals surface area contributed by atoms with Crippen LogP contribution < -0.4 is 24.3 Å². The summed E-state index contributed by atoms with van der Waals surface area (Å²) in [6.45, 7) is -0.0479. The predicted octanol–water partition coefficient (Wildman–Crippen LogP) is 5.62. The molecule has 0 fully saturated rings. The number of non-ortho nitro benzene ring substituents is 1. The molecule has 1 N–H and O–H groups in total. The Morgan fingerprint density at radius 2 is 1.26 bits per heavy atom. The summed E-state index contributed by atoms with van der Waals surface area (Å²) in [5, 5.41) is 25.4. The SMILES string of the molecule is O=[N+]([O-])c1cc([N+](=O)[O-])c(NC2COc3ccccc3OCCCOc3ccccc3OC2)c(C(F)(F)F)c1. The van der Waals surface area contributed by atoms with Crippen LogP contribution in [0.5, 0.6) is 23.0 Å². The molecule has 14 heteroatoms. The molecule has 3 aromatic carbocycles. The molecule has 3 aromatic rings. The summed E-state index contributed by atoms with van der Waals surface area (Å²) in [5.41, 5.74) is -4.72. The van der Waals surface area contributed by atoms with Gasteiger partial charge in [0.05, 0.1) is 40.7 Å². The van der Waals surface area contributed by atoms with Gasteiger partial charge >= 0.3 is 6.18 Å². The van der Waals surface area contributed by atoms with Gasteiger partial charge in [0.2, 0.25) is 0 Å². The fourth-order valence-corrected chi connectivity index (χ4v) is 3.75. The lowest BCUT2D eigenvalue weighted by Crippen LogP contribution is -2.34. The van der Waals surface area contributed by atoms with Crippen molar-refractivity contribution in [3.05, 3.63) is 86.5 Å². The number of alkyl halides is 3. The molecule has 0 spiro atoms. The van der Waals surface area contributed by atoms with Crippen molar-refractivity contribution in [2.75, 3.05) is 31.7 Å². The molecule has 4 rings (SSSR count). The van der Waals surface area contributed by atoms with E-state index in [0.717, 1.165) is 0 Å². The minimum absolute atomic E-state index is 0.242. The zero-order chi connectivity index (χ0) is 28.0. The third-order valence-corrected chi connectivity index (χ3v) is 5.55. The van der Waals surface area contributed by atoms with E-state index < -0.39 is 44.7 Å². The molecule has 0 unspecified atom stereocenters. The average Bonchev–Trinajstić information content (AvgIpc) is 2.89. The van der Waals surface area contributed by atoms with Gasteiger partial charge in [-0.25, -0.2) is 0 Å². The number of anilines is 1. The number of nitro groups is 2. The highest BCUT2D eigenvalue weighted by molar-refractivity contribution is 5.71. The van der Waals surface area contributed by atoms with Gasteiger partial charge in [0.25, 0.3) is 11.4 Å². The number of fused-ring (bicyclic) bond motifs is 2. The Balaban J connectivity index is 1.74. The molecule has 0 saturated heterocycles. The van der Waals surface area contributed by atoms with Crippen molar-refractivity contribution in [1.82, 2.24) is 0 Å². The maximum absolute atomic E-state index is 13.9. The van der Waals surface area contributed by atoms with E-state index >= 15 is 0 Å². The number of halogens is 3. The maximum Gasteiger partial charge on any atom is 0.418 e. The van der Waals surface area contributed by atoms with Crippen molar-refractivity contribution in [2.24, 2.45) is 0 Å². The van der Waals surface area contributed by atoms with Crippen LogP contribution >= 0.6 is 0 Å². The zero-order valence-electron chi connectivity index (χ0n) is 20.2. The number of nitrogens with zero attached hydrogens (tertiary/aromatic N) is 2. The summed E-state index contributed by atoms with van der Waals surface area (Å²) in [7, 11) is 0. The fourth-order valence-electron chi connectivity index (χ4n) is 3.75. The normalized spacial score (nSPS) is 14.6. The molecule has 0 saturated carbocycles. The largest absolute Gasteiger partial charge is 0.490 e. The number of ether oxygens (including phenoxy) is 4. The minimum Gasteiger partial charge on any atom is -0.490 e. The molecular weight excluding hydrogens is 527 g/mol. The number of nitro benzene ring substituents is 2. The second-order valence-corrected chi connectivity index (χ2v) is 8.31. The first-order valence-corrected chi connectivity index (χ1v) is 11.6. The second-order valence-electron chi connectivity index (χ2n) is 8.31. The van der Waals surface area contributed by atoms with Crippen LogP contribution in [0.1, 0.15) is 12.0 Å². The van der Waals surface area contributed by atoms with Crippen molar-refractivity contribution in [3.8, 4) is 23.0 Å². The molecule has 1 heterocycles. The molecule has 0 atom stereocenters. The van der Waals surface area contributed by atoms with Gasteiger partial charge in [-0.2, -0.15) is 13.2 Å². The van der Waals surface area contributed by atoms with Gasteiger partial charge in [-0.3, -0.25) is 20.2 Å². The second kappa shape index (κ2) is 11.8. The Labute approximate surface area is 219 Å². The summed E-state index contributed by atoms with van der Waals surface area (Å²) >= 11 is 0. The molecule has 11 nitrogen and oxygen atoms in total. The molecule has 1 aliphatic rings. The van der Waals surface area contributed by atoms with Gasteiger partial charge in [-0.05, 0) is 24.3 Å². The first-order chi connectivity index (χ1) is 18.6. The van der Waals surface area contributed by atoms with E-state index in [0.29, 0.717) is 24.0 Å². The van der Waals surface area contributed by atoms with Crippen LogP contribution in [0.2, 0.25) is 0 Å². The number of nitrogens with one attached hydrogen (secondary N) is 1. The summed E-state index contributed by atoms with van der Waals surface area (Å²) in [5.74, 6) is 1.34. The van der Waals surface area contributed by atoms with E-state index in [9.17, 15) is 33.4 Å². The summed E-state index contributed by atoms with van der Waals surface area (Å²) in [6, 6.07) is 12.9. The first kappa shape index (κ1) is 27.3. The molecule has 206 valence electrons. The third-order valence-electron chi connectivity index (χ3n) is 5.55. The van der Waals surface area contributed by atoms with Crippen molar-refractivity contribution >= 4 is 17.1 Å². The highest BCUT2D eigenvalue weighted by atomic mass is 19.4. The van der Waals surface area contributed by atoms with Crippen LogP contribution in [0.4, 0.5) is 30.2 Å².